The van der Waals surface area contributed by atoms with Crippen LogP contribution in [0.3, 0.4) is 0 Å². The second-order valence-electron chi connectivity index (χ2n) is 7.91. The average molecular weight is 506 g/mol. The van der Waals surface area contributed by atoms with Crippen LogP contribution in [0.4, 0.5) is 5.00 Å². The number of nitrogens with zero attached hydrogens (tertiary/aromatic N) is 2. The molecule has 1 atom stereocenters. The standard InChI is InChI=1S/C22H24BrN3O4S/c1-11-5-7-15-17(9-11)31-21(18(15)22(28)29-4)24-20(27)16-8-6-14(30-16)10-26-13(3)19(23)12(2)25-26/h6,8,11H,5,7,9-10H2,1-4H3,(H,24,27). The predicted molar refractivity (Wildman–Crippen MR) is 122 cm³/mol. The van der Waals surface area contributed by atoms with E-state index in [1.165, 1.54) is 18.4 Å². The number of hydrogen-bond donors (Lipinski definition) is 1. The molecule has 3 heterocycles. The maximum absolute atomic E-state index is 12.9. The maximum atomic E-state index is 12.9. The summed E-state index contributed by atoms with van der Waals surface area (Å²) in [5.41, 5.74) is 3.36. The van der Waals surface area contributed by atoms with Gasteiger partial charge >= 0.3 is 5.97 Å². The molecule has 0 saturated carbocycles. The summed E-state index contributed by atoms with van der Waals surface area (Å²) in [7, 11) is 1.36. The summed E-state index contributed by atoms with van der Waals surface area (Å²) in [5.74, 6) is 0.555. The van der Waals surface area contributed by atoms with Gasteiger partial charge in [-0.15, -0.1) is 11.3 Å². The first-order valence-electron chi connectivity index (χ1n) is 10.1. The second kappa shape index (κ2) is 8.63. The first-order chi connectivity index (χ1) is 14.8. The number of rotatable bonds is 5. The highest BCUT2D eigenvalue weighted by molar-refractivity contribution is 9.10. The van der Waals surface area contributed by atoms with E-state index in [1.807, 2.05) is 18.5 Å². The van der Waals surface area contributed by atoms with Crippen molar-refractivity contribution in [3.05, 3.63) is 55.5 Å². The molecule has 9 heteroatoms. The minimum absolute atomic E-state index is 0.186. The number of carbonyl (C=O) groups is 2. The van der Waals surface area contributed by atoms with Crippen molar-refractivity contribution in [2.45, 2.75) is 46.6 Å². The Hall–Kier alpha value is -2.39. The second-order valence-corrected chi connectivity index (χ2v) is 9.81. The number of aromatic nitrogens is 2. The summed E-state index contributed by atoms with van der Waals surface area (Å²) >= 11 is 4.97. The molecule has 7 nitrogen and oxygen atoms in total. The lowest BCUT2D eigenvalue weighted by atomic mass is 9.88. The molecular weight excluding hydrogens is 482 g/mol. The van der Waals surface area contributed by atoms with Crippen molar-refractivity contribution in [2.24, 2.45) is 5.92 Å². The fourth-order valence-corrected chi connectivity index (χ4v) is 5.56. The number of aryl methyl sites for hydroxylation is 1. The van der Waals surface area contributed by atoms with Gasteiger partial charge in [-0.1, -0.05) is 6.92 Å². The number of nitrogens with one attached hydrogen (secondary N) is 1. The molecular formula is C22H24BrN3O4S. The highest BCUT2D eigenvalue weighted by atomic mass is 79.9. The molecule has 0 spiro atoms. The lowest BCUT2D eigenvalue weighted by Gasteiger charge is -2.18. The first-order valence-corrected chi connectivity index (χ1v) is 11.7. The average Bonchev–Trinajstić information content (AvgIpc) is 3.41. The van der Waals surface area contributed by atoms with Crippen LogP contribution in [0.15, 0.2) is 21.0 Å². The van der Waals surface area contributed by atoms with Gasteiger partial charge in [-0.05, 0) is 72.7 Å². The Morgan fingerprint density at radius 3 is 2.84 bits per heavy atom. The van der Waals surface area contributed by atoms with Crippen molar-refractivity contribution in [1.82, 2.24) is 9.78 Å². The zero-order valence-corrected chi connectivity index (χ0v) is 20.3. The fourth-order valence-electron chi connectivity index (χ4n) is 3.88. The minimum atomic E-state index is -0.419. The largest absolute Gasteiger partial charge is 0.465 e. The van der Waals surface area contributed by atoms with Gasteiger partial charge < -0.3 is 14.5 Å². The van der Waals surface area contributed by atoms with Gasteiger partial charge in [-0.3, -0.25) is 9.48 Å². The van der Waals surface area contributed by atoms with Crippen LogP contribution >= 0.6 is 27.3 Å². The highest BCUT2D eigenvalue weighted by Crippen LogP contribution is 2.40. The van der Waals surface area contributed by atoms with Crippen LogP contribution in [0, 0.1) is 19.8 Å². The minimum Gasteiger partial charge on any atom is -0.465 e. The van der Waals surface area contributed by atoms with Crippen molar-refractivity contribution in [1.29, 1.82) is 0 Å². The molecule has 164 valence electrons. The van der Waals surface area contributed by atoms with Crippen LogP contribution in [-0.4, -0.2) is 28.8 Å². The molecule has 4 rings (SSSR count). The first kappa shape index (κ1) is 21.8. The summed E-state index contributed by atoms with van der Waals surface area (Å²) in [6.45, 7) is 6.51. The van der Waals surface area contributed by atoms with Gasteiger partial charge in [-0.2, -0.15) is 5.10 Å². The van der Waals surface area contributed by atoms with Crippen molar-refractivity contribution in [3.8, 4) is 0 Å². The van der Waals surface area contributed by atoms with Gasteiger partial charge in [0.25, 0.3) is 5.91 Å². The van der Waals surface area contributed by atoms with Gasteiger partial charge in [0.1, 0.15) is 10.8 Å². The van der Waals surface area contributed by atoms with Crippen LogP contribution in [-0.2, 0) is 24.1 Å². The number of carbonyl (C=O) groups excluding carboxylic acids is 2. The Kier molecular flexibility index (Phi) is 6.07. The topological polar surface area (TPSA) is 86.4 Å². The van der Waals surface area contributed by atoms with E-state index < -0.39 is 11.9 Å². The third-order valence-electron chi connectivity index (χ3n) is 5.61. The molecule has 0 saturated heterocycles. The summed E-state index contributed by atoms with van der Waals surface area (Å²) in [6.07, 6.45) is 2.74. The molecule has 1 aliphatic carbocycles. The van der Waals surface area contributed by atoms with Crippen molar-refractivity contribution >= 4 is 44.1 Å². The summed E-state index contributed by atoms with van der Waals surface area (Å²) in [4.78, 5) is 26.4. The normalized spacial score (nSPS) is 15.6. The zero-order chi connectivity index (χ0) is 22.3. The predicted octanol–water partition coefficient (Wildman–Crippen LogP) is 5.13. The Balaban J connectivity index is 1.55. The number of thiophene rings is 1. The molecule has 0 aromatic carbocycles. The summed E-state index contributed by atoms with van der Waals surface area (Å²) < 4.78 is 13.5. The van der Waals surface area contributed by atoms with E-state index in [9.17, 15) is 9.59 Å². The molecule has 0 aliphatic heterocycles. The number of methoxy groups -OCH3 is 1. The molecule has 0 fully saturated rings. The number of hydrogen-bond acceptors (Lipinski definition) is 6. The zero-order valence-electron chi connectivity index (χ0n) is 17.9. The van der Waals surface area contributed by atoms with Crippen LogP contribution in [0.5, 0.6) is 0 Å². The molecule has 0 radical (unpaired) electrons. The third-order valence-corrected chi connectivity index (χ3v) is 7.93. The molecule has 0 bridgehead atoms. The fraction of sp³-hybridized carbons (Fsp3) is 0.409. The van der Waals surface area contributed by atoms with E-state index in [-0.39, 0.29) is 5.76 Å². The molecule has 3 aromatic rings. The van der Waals surface area contributed by atoms with E-state index in [4.69, 9.17) is 9.15 Å². The number of furan rings is 1. The Morgan fingerprint density at radius 1 is 1.39 bits per heavy atom. The van der Waals surface area contributed by atoms with E-state index in [0.29, 0.717) is 28.8 Å². The molecule has 1 unspecified atom stereocenters. The lowest BCUT2D eigenvalue weighted by Crippen LogP contribution is -2.15. The number of fused-ring (bicyclic) bond motifs is 1. The number of amides is 1. The SMILES string of the molecule is COC(=O)c1c(NC(=O)c2ccc(Cn3nc(C)c(Br)c3C)o2)sc2c1CCC(C)C2. The third kappa shape index (κ3) is 4.21. The van der Waals surface area contributed by atoms with Gasteiger partial charge in [-0.25, -0.2) is 4.79 Å². The van der Waals surface area contributed by atoms with Crippen molar-refractivity contribution in [2.75, 3.05) is 12.4 Å². The van der Waals surface area contributed by atoms with Crippen LogP contribution in [0.2, 0.25) is 0 Å². The number of esters is 1. The molecule has 3 aromatic heterocycles. The molecule has 1 amide bonds. The molecule has 1 aliphatic rings. The van der Waals surface area contributed by atoms with Crippen LogP contribution in [0.1, 0.15) is 61.8 Å². The monoisotopic (exact) mass is 505 g/mol. The molecule has 1 N–H and O–H groups in total. The summed E-state index contributed by atoms with van der Waals surface area (Å²) in [6, 6.07) is 3.40. The smallest absolute Gasteiger partial charge is 0.341 e. The van der Waals surface area contributed by atoms with E-state index in [1.54, 1.807) is 12.1 Å². The number of ether oxygens (including phenoxy) is 1. The highest BCUT2D eigenvalue weighted by Gasteiger charge is 2.29. The summed E-state index contributed by atoms with van der Waals surface area (Å²) in [5, 5.41) is 7.87. The number of anilines is 1. The van der Waals surface area contributed by atoms with Crippen molar-refractivity contribution < 1.29 is 18.7 Å². The quantitative estimate of drug-likeness (QED) is 0.485. The number of halogens is 1. The Labute approximate surface area is 192 Å². The Bertz CT molecular complexity index is 1160. The van der Waals surface area contributed by atoms with Gasteiger partial charge in [0.05, 0.1) is 35.1 Å². The van der Waals surface area contributed by atoms with Gasteiger partial charge in [0.2, 0.25) is 0 Å². The van der Waals surface area contributed by atoms with Crippen LogP contribution < -0.4 is 5.32 Å². The maximum Gasteiger partial charge on any atom is 0.341 e. The van der Waals surface area contributed by atoms with Crippen LogP contribution in [0.25, 0.3) is 0 Å². The lowest BCUT2D eigenvalue weighted by molar-refractivity contribution is 0.0601. The Morgan fingerprint density at radius 2 is 2.16 bits per heavy atom. The van der Waals surface area contributed by atoms with Gasteiger partial charge in [0.15, 0.2) is 5.76 Å². The molecule has 31 heavy (non-hydrogen) atoms. The van der Waals surface area contributed by atoms with E-state index in [2.05, 4.69) is 33.3 Å². The van der Waals surface area contributed by atoms with Crippen molar-refractivity contribution in [3.63, 3.8) is 0 Å². The van der Waals surface area contributed by atoms with Gasteiger partial charge in [0, 0.05) is 4.88 Å². The van der Waals surface area contributed by atoms with E-state index in [0.717, 1.165) is 45.6 Å². The van der Waals surface area contributed by atoms with E-state index >= 15 is 0 Å².